The van der Waals surface area contributed by atoms with E-state index in [9.17, 15) is 8.42 Å². The minimum absolute atomic E-state index is 0.357. The molecule has 0 radical (unpaired) electrons. The number of hydrogen-bond donors (Lipinski definition) is 1. The summed E-state index contributed by atoms with van der Waals surface area (Å²) in [6.07, 6.45) is 5.17. The monoisotopic (exact) mass is 260 g/mol. The molecule has 5 heteroatoms. The van der Waals surface area contributed by atoms with Crippen LogP contribution in [-0.2, 0) is 9.84 Å². The third-order valence-corrected chi connectivity index (χ3v) is 5.84. The van der Waals surface area contributed by atoms with E-state index < -0.39 is 9.84 Å². The molecule has 0 aromatic heterocycles. The Morgan fingerprint density at radius 3 is 2.41 bits per heavy atom. The first-order valence-electron chi connectivity index (χ1n) is 6.71. The zero-order valence-corrected chi connectivity index (χ0v) is 11.5. The van der Waals surface area contributed by atoms with Gasteiger partial charge in [0, 0.05) is 19.1 Å². The van der Waals surface area contributed by atoms with Gasteiger partial charge in [-0.3, -0.25) is 4.90 Å². The molecule has 1 N–H and O–H groups in total. The van der Waals surface area contributed by atoms with Gasteiger partial charge in [-0.2, -0.15) is 0 Å². The number of rotatable bonds is 5. The van der Waals surface area contributed by atoms with Gasteiger partial charge in [0.2, 0.25) is 0 Å². The van der Waals surface area contributed by atoms with E-state index in [1.807, 2.05) is 7.05 Å². The molecule has 1 aliphatic heterocycles. The van der Waals surface area contributed by atoms with Crippen molar-refractivity contribution in [2.75, 3.05) is 38.2 Å². The van der Waals surface area contributed by atoms with Crippen LogP contribution in [0.15, 0.2) is 0 Å². The minimum atomic E-state index is -2.74. The third kappa shape index (κ3) is 3.42. The molecule has 1 aliphatic carbocycles. The second-order valence-electron chi connectivity index (χ2n) is 5.34. The van der Waals surface area contributed by atoms with Crippen LogP contribution in [0, 0.1) is 5.92 Å². The Labute approximate surface area is 105 Å². The molecular formula is C12H24N2O2S. The molecule has 1 unspecified atom stereocenters. The molecule has 1 heterocycles. The summed E-state index contributed by atoms with van der Waals surface area (Å²) in [6, 6.07) is 0.603. The first-order chi connectivity index (χ1) is 8.12. The average Bonchev–Trinajstić information content (AvgIpc) is 2.22. The van der Waals surface area contributed by atoms with Crippen molar-refractivity contribution in [2.45, 2.75) is 31.7 Å². The highest BCUT2D eigenvalue weighted by Gasteiger charge is 2.34. The summed E-state index contributed by atoms with van der Waals surface area (Å²) in [5.41, 5.74) is 0. The molecule has 0 amide bonds. The van der Waals surface area contributed by atoms with Crippen LogP contribution < -0.4 is 5.32 Å². The molecule has 1 saturated heterocycles. The van der Waals surface area contributed by atoms with E-state index >= 15 is 0 Å². The Kier molecular flexibility index (Phi) is 4.44. The molecule has 2 fully saturated rings. The quantitative estimate of drug-likeness (QED) is 0.782. The minimum Gasteiger partial charge on any atom is -0.320 e. The smallest absolute Gasteiger partial charge is 0.152 e. The lowest BCUT2D eigenvalue weighted by atomic mass is 9.78. The van der Waals surface area contributed by atoms with Gasteiger partial charge in [0.1, 0.15) is 0 Å². The van der Waals surface area contributed by atoms with Crippen LogP contribution in [0.25, 0.3) is 0 Å². The van der Waals surface area contributed by atoms with Gasteiger partial charge in [0.05, 0.1) is 11.5 Å². The molecule has 100 valence electrons. The number of nitrogens with zero attached hydrogens (tertiary/aromatic N) is 1. The summed E-state index contributed by atoms with van der Waals surface area (Å²) >= 11 is 0. The molecule has 4 nitrogen and oxygen atoms in total. The van der Waals surface area contributed by atoms with E-state index in [-0.39, 0.29) is 0 Å². The first-order valence-corrected chi connectivity index (χ1v) is 8.53. The number of sulfone groups is 1. The van der Waals surface area contributed by atoms with Gasteiger partial charge < -0.3 is 5.32 Å². The van der Waals surface area contributed by atoms with Gasteiger partial charge in [0.25, 0.3) is 0 Å². The molecule has 0 bridgehead atoms. The van der Waals surface area contributed by atoms with E-state index in [1.54, 1.807) is 0 Å². The Balaban J connectivity index is 1.91. The summed E-state index contributed by atoms with van der Waals surface area (Å²) < 4.78 is 22.9. The fourth-order valence-corrected chi connectivity index (χ4v) is 4.12. The van der Waals surface area contributed by atoms with Crippen LogP contribution in [0.2, 0.25) is 0 Å². The fourth-order valence-electron chi connectivity index (χ4n) is 2.89. The largest absolute Gasteiger partial charge is 0.320 e. The van der Waals surface area contributed by atoms with E-state index in [2.05, 4.69) is 10.2 Å². The SMILES string of the molecule is CNCCC(C1CCC1)N1CCS(=O)(=O)CC1. The van der Waals surface area contributed by atoms with Crippen LogP contribution >= 0.6 is 0 Å². The Morgan fingerprint density at radius 1 is 1.29 bits per heavy atom. The predicted octanol–water partition coefficient (Wildman–Crippen LogP) is 0.495. The van der Waals surface area contributed by atoms with Crippen molar-refractivity contribution < 1.29 is 8.42 Å². The van der Waals surface area contributed by atoms with Crippen LogP contribution in [0.4, 0.5) is 0 Å². The highest BCUT2D eigenvalue weighted by atomic mass is 32.2. The van der Waals surface area contributed by atoms with Crippen molar-refractivity contribution in [2.24, 2.45) is 5.92 Å². The lowest BCUT2D eigenvalue weighted by Gasteiger charge is -2.42. The first kappa shape index (κ1) is 13.3. The van der Waals surface area contributed by atoms with Gasteiger partial charge in [0.15, 0.2) is 9.84 Å². The second kappa shape index (κ2) is 5.67. The lowest BCUT2D eigenvalue weighted by molar-refractivity contribution is 0.0962. The standard InChI is InChI=1S/C12H24N2O2S/c1-13-6-5-12(11-3-2-4-11)14-7-9-17(15,16)10-8-14/h11-13H,2-10H2,1H3. The molecule has 2 rings (SSSR count). The lowest BCUT2D eigenvalue weighted by Crippen LogP contribution is -2.51. The summed E-state index contributed by atoms with van der Waals surface area (Å²) in [6.45, 7) is 2.52. The number of nitrogens with one attached hydrogen (secondary N) is 1. The molecule has 0 spiro atoms. The summed E-state index contributed by atoms with van der Waals surface area (Å²) in [5.74, 6) is 1.52. The van der Waals surface area contributed by atoms with Crippen molar-refractivity contribution in [3.05, 3.63) is 0 Å². The van der Waals surface area contributed by atoms with Crippen LogP contribution in [-0.4, -0.2) is 57.5 Å². The summed E-state index contributed by atoms with van der Waals surface area (Å²) in [7, 11) is -0.757. The molecule has 0 aromatic rings. The maximum absolute atomic E-state index is 11.4. The summed E-state index contributed by atoms with van der Waals surface area (Å²) in [4.78, 5) is 2.42. The van der Waals surface area contributed by atoms with E-state index in [1.165, 1.54) is 19.3 Å². The van der Waals surface area contributed by atoms with Crippen molar-refractivity contribution >= 4 is 9.84 Å². The maximum Gasteiger partial charge on any atom is 0.152 e. The fraction of sp³-hybridized carbons (Fsp3) is 1.00. The Hall–Kier alpha value is -0.130. The van der Waals surface area contributed by atoms with E-state index in [4.69, 9.17) is 0 Å². The summed E-state index contributed by atoms with van der Waals surface area (Å²) in [5, 5.41) is 3.21. The van der Waals surface area contributed by atoms with Crippen LogP contribution in [0.5, 0.6) is 0 Å². The van der Waals surface area contributed by atoms with Crippen molar-refractivity contribution in [1.82, 2.24) is 10.2 Å². The predicted molar refractivity (Wildman–Crippen MR) is 69.9 cm³/mol. The van der Waals surface area contributed by atoms with E-state index in [0.717, 1.165) is 32.0 Å². The number of hydrogen-bond acceptors (Lipinski definition) is 4. The highest BCUT2D eigenvalue weighted by molar-refractivity contribution is 7.91. The maximum atomic E-state index is 11.4. The van der Waals surface area contributed by atoms with Gasteiger partial charge >= 0.3 is 0 Å². The van der Waals surface area contributed by atoms with Crippen LogP contribution in [0.1, 0.15) is 25.7 Å². The van der Waals surface area contributed by atoms with Crippen molar-refractivity contribution in [1.29, 1.82) is 0 Å². The Morgan fingerprint density at radius 2 is 1.94 bits per heavy atom. The zero-order chi connectivity index (χ0) is 12.3. The second-order valence-corrected chi connectivity index (χ2v) is 7.64. The van der Waals surface area contributed by atoms with Crippen molar-refractivity contribution in [3.63, 3.8) is 0 Å². The van der Waals surface area contributed by atoms with Gasteiger partial charge in [-0.05, 0) is 38.8 Å². The zero-order valence-electron chi connectivity index (χ0n) is 10.7. The van der Waals surface area contributed by atoms with Crippen LogP contribution in [0.3, 0.4) is 0 Å². The molecule has 1 atom stereocenters. The van der Waals surface area contributed by atoms with Gasteiger partial charge in [-0.15, -0.1) is 0 Å². The van der Waals surface area contributed by atoms with Crippen molar-refractivity contribution in [3.8, 4) is 0 Å². The molecule has 1 saturated carbocycles. The van der Waals surface area contributed by atoms with Gasteiger partial charge in [-0.25, -0.2) is 8.42 Å². The molecular weight excluding hydrogens is 236 g/mol. The third-order valence-electron chi connectivity index (χ3n) is 4.23. The normalized spacial score (nSPS) is 27.6. The topological polar surface area (TPSA) is 49.4 Å². The van der Waals surface area contributed by atoms with Gasteiger partial charge in [-0.1, -0.05) is 6.42 Å². The molecule has 0 aromatic carbocycles. The molecule has 17 heavy (non-hydrogen) atoms. The molecule has 2 aliphatic rings. The van der Waals surface area contributed by atoms with E-state index in [0.29, 0.717) is 17.5 Å². The highest BCUT2D eigenvalue weighted by Crippen LogP contribution is 2.34. The Bertz CT molecular complexity index is 324. The average molecular weight is 260 g/mol.